The summed E-state index contributed by atoms with van der Waals surface area (Å²) >= 11 is 0. The van der Waals surface area contributed by atoms with E-state index in [-0.39, 0.29) is 0 Å². The molecule has 0 atom stereocenters. The fourth-order valence-corrected chi connectivity index (χ4v) is 2.15. The lowest BCUT2D eigenvalue weighted by atomic mass is 10.2. The average Bonchev–Trinajstić information content (AvgIpc) is 2.59. The van der Waals surface area contributed by atoms with Crippen LogP contribution in [-0.4, -0.2) is 31.7 Å². The molecule has 0 radical (unpaired) electrons. The highest BCUT2D eigenvalue weighted by Gasteiger charge is 2.12. The minimum atomic E-state index is 0.793. The quantitative estimate of drug-likeness (QED) is 0.839. The Balaban J connectivity index is 2.05. The van der Waals surface area contributed by atoms with Crippen LogP contribution in [0.15, 0.2) is 12.4 Å². The zero-order chi connectivity index (χ0) is 14.0. The Kier molecular flexibility index (Phi) is 3.95. The molecule has 0 aromatic carbocycles. The van der Waals surface area contributed by atoms with Crippen LogP contribution >= 0.6 is 0 Å². The summed E-state index contributed by atoms with van der Waals surface area (Å²) in [6.45, 7) is 7.78. The topological polar surface area (TPSA) is 46.8 Å². The molecular formula is C14H21N5. The van der Waals surface area contributed by atoms with E-state index in [9.17, 15) is 0 Å². The first-order chi connectivity index (χ1) is 8.97. The minimum Gasteiger partial charge on any atom is -0.296 e. The van der Waals surface area contributed by atoms with Crippen molar-refractivity contribution in [2.45, 2.75) is 33.9 Å². The van der Waals surface area contributed by atoms with E-state index >= 15 is 0 Å². The van der Waals surface area contributed by atoms with Crippen LogP contribution in [-0.2, 0) is 20.1 Å². The molecule has 2 heterocycles. The first kappa shape index (κ1) is 13.7. The van der Waals surface area contributed by atoms with E-state index in [4.69, 9.17) is 0 Å². The fourth-order valence-electron chi connectivity index (χ4n) is 2.15. The van der Waals surface area contributed by atoms with Crippen LogP contribution in [0.25, 0.3) is 0 Å². The van der Waals surface area contributed by atoms with Gasteiger partial charge in [-0.25, -0.2) is 0 Å². The van der Waals surface area contributed by atoms with Crippen molar-refractivity contribution in [2.24, 2.45) is 7.05 Å². The summed E-state index contributed by atoms with van der Waals surface area (Å²) in [6.07, 6.45) is 3.65. The smallest absolute Gasteiger partial charge is 0.0727 e. The molecule has 2 aromatic rings. The third-order valence-corrected chi connectivity index (χ3v) is 3.35. The molecule has 0 N–H and O–H groups in total. The molecule has 0 bridgehead atoms. The van der Waals surface area contributed by atoms with E-state index in [1.54, 1.807) is 0 Å². The van der Waals surface area contributed by atoms with Gasteiger partial charge in [-0.2, -0.15) is 5.10 Å². The molecule has 0 aliphatic heterocycles. The Hall–Kier alpha value is -1.75. The van der Waals surface area contributed by atoms with Gasteiger partial charge in [0.1, 0.15) is 0 Å². The highest BCUT2D eigenvalue weighted by Crippen LogP contribution is 2.14. The van der Waals surface area contributed by atoms with Crippen molar-refractivity contribution in [2.75, 3.05) is 7.05 Å². The number of nitrogens with zero attached hydrogens (tertiary/aromatic N) is 5. The van der Waals surface area contributed by atoms with E-state index < -0.39 is 0 Å². The monoisotopic (exact) mass is 259 g/mol. The number of hydrogen-bond acceptors (Lipinski definition) is 4. The van der Waals surface area contributed by atoms with Crippen molar-refractivity contribution in [1.29, 1.82) is 0 Å². The van der Waals surface area contributed by atoms with E-state index in [2.05, 4.69) is 40.9 Å². The molecule has 5 nitrogen and oxygen atoms in total. The number of aromatic nitrogens is 4. The van der Waals surface area contributed by atoms with Gasteiger partial charge >= 0.3 is 0 Å². The molecule has 2 rings (SSSR count). The van der Waals surface area contributed by atoms with Gasteiger partial charge in [0.15, 0.2) is 0 Å². The van der Waals surface area contributed by atoms with Crippen LogP contribution in [0.4, 0.5) is 0 Å². The Bertz CT molecular complexity index is 556. The summed E-state index contributed by atoms with van der Waals surface area (Å²) in [7, 11) is 4.07. The number of aryl methyl sites for hydroxylation is 3. The van der Waals surface area contributed by atoms with Crippen LogP contribution in [0.3, 0.4) is 0 Å². The lowest BCUT2D eigenvalue weighted by Gasteiger charge is -2.16. The van der Waals surface area contributed by atoms with E-state index in [0.717, 1.165) is 30.2 Å². The fraction of sp³-hybridized carbons (Fsp3) is 0.500. The highest BCUT2D eigenvalue weighted by molar-refractivity contribution is 5.24. The molecule has 5 heteroatoms. The van der Waals surface area contributed by atoms with E-state index in [1.165, 1.54) is 11.3 Å². The summed E-state index contributed by atoms with van der Waals surface area (Å²) in [5, 5.41) is 4.44. The van der Waals surface area contributed by atoms with Crippen LogP contribution < -0.4 is 0 Å². The first-order valence-electron chi connectivity index (χ1n) is 6.42. The molecule has 2 aromatic heterocycles. The van der Waals surface area contributed by atoms with Gasteiger partial charge in [0, 0.05) is 43.8 Å². The highest BCUT2D eigenvalue weighted by atomic mass is 15.3. The second kappa shape index (κ2) is 5.48. The third kappa shape index (κ3) is 3.17. The van der Waals surface area contributed by atoms with Gasteiger partial charge in [-0.05, 0) is 27.8 Å². The molecular weight excluding hydrogens is 238 g/mol. The van der Waals surface area contributed by atoms with Gasteiger partial charge in [0.2, 0.25) is 0 Å². The maximum atomic E-state index is 4.44. The summed E-state index contributed by atoms with van der Waals surface area (Å²) < 4.78 is 1.93. The maximum absolute atomic E-state index is 4.44. The van der Waals surface area contributed by atoms with Crippen molar-refractivity contribution in [3.8, 4) is 0 Å². The summed E-state index contributed by atoms with van der Waals surface area (Å²) in [4.78, 5) is 10.9. The molecule has 102 valence electrons. The van der Waals surface area contributed by atoms with Crippen LogP contribution in [0.2, 0.25) is 0 Å². The molecule has 0 unspecified atom stereocenters. The van der Waals surface area contributed by atoms with Gasteiger partial charge in [-0.15, -0.1) is 0 Å². The van der Waals surface area contributed by atoms with Gasteiger partial charge in [0.05, 0.1) is 17.1 Å². The lowest BCUT2D eigenvalue weighted by Crippen LogP contribution is -2.19. The standard InChI is InChI=1S/C14H21N5/c1-10-6-16-13(7-15-10)8-18(4)9-14-11(2)17-19(5)12(14)3/h6-7H,8-9H2,1-5H3. The Labute approximate surface area is 114 Å². The largest absolute Gasteiger partial charge is 0.296 e. The van der Waals surface area contributed by atoms with Gasteiger partial charge in [-0.1, -0.05) is 0 Å². The van der Waals surface area contributed by atoms with Crippen LogP contribution in [0.1, 0.15) is 28.3 Å². The van der Waals surface area contributed by atoms with Gasteiger partial charge in [0.25, 0.3) is 0 Å². The number of hydrogen-bond donors (Lipinski definition) is 0. The Morgan fingerprint density at radius 3 is 2.37 bits per heavy atom. The predicted octanol–water partition coefficient (Wildman–Crippen LogP) is 1.77. The Morgan fingerprint density at radius 1 is 1.11 bits per heavy atom. The van der Waals surface area contributed by atoms with Gasteiger partial charge < -0.3 is 0 Å². The van der Waals surface area contributed by atoms with Crippen molar-refractivity contribution < 1.29 is 0 Å². The average molecular weight is 259 g/mol. The molecule has 0 saturated carbocycles. The zero-order valence-electron chi connectivity index (χ0n) is 12.3. The third-order valence-electron chi connectivity index (χ3n) is 3.35. The SMILES string of the molecule is Cc1cnc(CN(C)Cc2c(C)nn(C)c2C)cn1. The summed E-state index contributed by atoms with van der Waals surface area (Å²) in [5.41, 5.74) is 5.56. The summed E-state index contributed by atoms with van der Waals surface area (Å²) in [5.74, 6) is 0. The van der Waals surface area contributed by atoms with Crippen molar-refractivity contribution >= 4 is 0 Å². The van der Waals surface area contributed by atoms with Crippen molar-refractivity contribution in [3.63, 3.8) is 0 Å². The minimum absolute atomic E-state index is 0.793. The van der Waals surface area contributed by atoms with Crippen LogP contribution in [0, 0.1) is 20.8 Å². The lowest BCUT2D eigenvalue weighted by molar-refractivity contribution is 0.313. The maximum Gasteiger partial charge on any atom is 0.0727 e. The molecule has 0 amide bonds. The molecule has 0 saturated heterocycles. The van der Waals surface area contributed by atoms with Crippen molar-refractivity contribution in [3.05, 3.63) is 40.7 Å². The first-order valence-corrected chi connectivity index (χ1v) is 6.42. The predicted molar refractivity (Wildman–Crippen MR) is 74.6 cm³/mol. The molecule has 19 heavy (non-hydrogen) atoms. The summed E-state index contributed by atoms with van der Waals surface area (Å²) in [6, 6.07) is 0. The second-order valence-corrected chi connectivity index (χ2v) is 5.09. The van der Waals surface area contributed by atoms with Crippen LogP contribution in [0.5, 0.6) is 0 Å². The van der Waals surface area contributed by atoms with Crippen molar-refractivity contribution in [1.82, 2.24) is 24.6 Å². The molecule has 0 spiro atoms. The zero-order valence-corrected chi connectivity index (χ0v) is 12.3. The second-order valence-electron chi connectivity index (χ2n) is 5.09. The molecule has 0 fully saturated rings. The molecule has 0 aliphatic carbocycles. The molecule has 0 aliphatic rings. The van der Waals surface area contributed by atoms with E-state index in [1.807, 2.05) is 31.0 Å². The Morgan fingerprint density at radius 2 is 1.84 bits per heavy atom. The van der Waals surface area contributed by atoms with E-state index in [0.29, 0.717) is 0 Å². The normalized spacial score (nSPS) is 11.3. The number of rotatable bonds is 4. The van der Waals surface area contributed by atoms with Gasteiger partial charge in [-0.3, -0.25) is 19.5 Å².